The molecule has 1 fully saturated rings. The van der Waals surface area contributed by atoms with Gasteiger partial charge in [0.25, 0.3) is 0 Å². The van der Waals surface area contributed by atoms with Crippen LogP contribution in [-0.2, 0) is 9.47 Å². The highest BCUT2D eigenvalue weighted by atomic mass is 16.6. The van der Waals surface area contributed by atoms with E-state index in [4.69, 9.17) is 9.47 Å². The Kier molecular flexibility index (Phi) is 6.92. The van der Waals surface area contributed by atoms with Crippen molar-refractivity contribution < 1.29 is 14.3 Å². The van der Waals surface area contributed by atoms with Crippen molar-refractivity contribution in [2.75, 3.05) is 45.9 Å². The Balaban J connectivity index is 2.24. The minimum absolute atomic E-state index is 0.231. The Bertz CT molecular complexity index is 620. The number of nitrogens with zero attached hydrogens (tertiary/aromatic N) is 2. The van der Waals surface area contributed by atoms with Gasteiger partial charge in [0.15, 0.2) is 0 Å². The molecule has 2 heterocycles. The quantitative estimate of drug-likeness (QED) is 0.730. The molecule has 0 N–H and O–H groups in total. The molecule has 5 heteroatoms. The second kappa shape index (κ2) is 8.61. The molecule has 0 aromatic rings. The zero-order valence-corrected chi connectivity index (χ0v) is 17.9. The topological polar surface area (TPSA) is 42.0 Å². The van der Waals surface area contributed by atoms with Gasteiger partial charge in [-0.1, -0.05) is 32.6 Å². The Morgan fingerprint density at radius 3 is 2.52 bits per heavy atom. The van der Waals surface area contributed by atoms with E-state index >= 15 is 0 Å². The summed E-state index contributed by atoms with van der Waals surface area (Å²) in [5.74, 6) is 0. The number of allylic oxidation sites excluding steroid dienone is 1. The van der Waals surface area contributed by atoms with E-state index < -0.39 is 5.60 Å². The van der Waals surface area contributed by atoms with Gasteiger partial charge in [-0.15, -0.1) is 0 Å². The van der Waals surface area contributed by atoms with Gasteiger partial charge in [-0.2, -0.15) is 0 Å². The van der Waals surface area contributed by atoms with Crippen LogP contribution >= 0.6 is 0 Å². The normalized spacial score (nSPS) is 26.1. The lowest BCUT2D eigenvalue weighted by molar-refractivity contribution is 0.0224. The van der Waals surface area contributed by atoms with Crippen LogP contribution < -0.4 is 0 Å². The fourth-order valence-corrected chi connectivity index (χ4v) is 3.18. The molecule has 0 atom stereocenters. The van der Waals surface area contributed by atoms with E-state index in [9.17, 15) is 4.79 Å². The van der Waals surface area contributed by atoms with E-state index in [1.54, 1.807) is 4.90 Å². The highest BCUT2D eigenvalue weighted by Crippen LogP contribution is 2.31. The number of rotatable bonds is 2. The first-order valence-corrected chi connectivity index (χ1v) is 9.83. The maximum Gasteiger partial charge on any atom is 0.410 e. The fourth-order valence-electron chi connectivity index (χ4n) is 3.18. The molecule has 0 aromatic carbocycles. The van der Waals surface area contributed by atoms with Crippen molar-refractivity contribution in [3.8, 4) is 0 Å². The van der Waals surface area contributed by atoms with Gasteiger partial charge in [-0.3, -0.25) is 4.90 Å². The Labute approximate surface area is 164 Å². The van der Waals surface area contributed by atoms with Crippen molar-refractivity contribution in [1.29, 1.82) is 0 Å². The Morgan fingerprint density at radius 2 is 1.93 bits per heavy atom. The smallest absolute Gasteiger partial charge is 0.410 e. The molecular weight excluding hydrogens is 340 g/mol. The summed E-state index contributed by atoms with van der Waals surface area (Å²) in [6, 6.07) is 0. The number of carbonyl (C=O) groups excluding carboxylic acids is 1. The van der Waals surface area contributed by atoms with Gasteiger partial charge in [-0.05, 0) is 44.4 Å². The summed E-state index contributed by atoms with van der Waals surface area (Å²) in [5.41, 5.74) is 2.75. The highest BCUT2D eigenvalue weighted by Gasteiger charge is 2.30. The zero-order chi connectivity index (χ0) is 20.2. The second-order valence-electron chi connectivity index (χ2n) is 9.22. The molecule has 1 amide bonds. The number of carbonyl (C=O) groups is 1. The van der Waals surface area contributed by atoms with E-state index in [1.165, 1.54) is 11.1 Å². The van der Waals surface area contributed by atoms with Crippen LogP contribution in [0.1, 0.15) is 41.5 Å². The van der Waals surface area contributed by atoms with Crippen molar-refractivity contribution in [2.24, 2.45) is 5.41 Å². The molecule has 0 saturated carbocycles. The predicted molar refractivity (Wildman–Crippen MR) is 110 cm³/mol. The first-order chi connectivity index (χ1) is 12.5. The van der Waals surface area contributed by atoms with Crippen LogP contribution in [0.5, 0.6) is 0 Å². The molecule has 2 aliphatic heterocycles. The number of hydrogen-bond donors (Lipinski definition) is 0. The lowest BCUT2D eigenvalue weighted by Crippen LogP contribution is -2.42. The molecule has 27 heavy (non-hydrogen) atoms. The first kappa shape index (κ1) is 21.7. The lowest BCUT2D eigenvalue weighted by atomic mass is 9.83. The molecule has 2 rings (SSSR count). The Morgan fingerprint density at radius 1 is 1.30 bits per heavy atom. The molecule has 0 radical (unpaired) electrons. The van der Waals surface area contributed by atoms with E-state index in [1.807, 2.05) is 20.8 Å². The molecule has 0 unspecified atom stereocenters. The van der Waals surface area contributed by atoms with Crippen LogP contribution in [0.25, 0.3) is 0 Å². The van der Waals surface area contributed by atoms with Gasteiger partial charge in [0.2, 0.25) is 0 Å². The monoisotopic (exact) mass is 376 g/mol. The molecular formula is C22H36N2O3. The van der Waals surface area contributed by atoms with Crippen molar-refractivity contribution in [1.82, 2.24) is 9.80 Å². The van der Waals surface area contributed by atoms with Crippen molar-refractivity contribution in [3.63, 3.8) is 0 Å². The van der Waals surface area contributed by atoms with Crippen molar-refractivity contribution in [3.05, 3.63) is 35.5 Å². The third-order valence-electron chi connectivity index (χ3n) is 5.08. The van der Waals surface area contributed by atoms with Crippen LogP contribution in [0.2, 0.25) is 0 Å². The largest absolute Gasteiger partial charge is 0.444 e. The van der Waals surface area contributed by atoms with Gasteiger partial charge < -0.3 is 14.4 Å². The third kappa shape index (κ3) is 6.51. The maximum atomic E-state index is 12.7. The molecule has 0 aliphatic carbocycles. The van der Waals surface area contributed by atoms with E-state index in [2.05, 4.69) is 44.4 Å². The summed E-state index contributed by atoms with van der Waals surface area (Å²) in [6.45, 7) is 21.9. The van der Waals surface area contributed by atoms with Gasteiger partial charge in [0, 0.05) is 38.1 Å². The second-order valence-corrected chi connectivity index (χ2v) is 9.22. The van der Waals surface area contributed by atoms with Gasteiger partial charge in [0.05, 0.1) is 13.2 Å². The summed E-state index contributed by atoms with van der Waals surface area (Å²) in [6.07, 6.45) is 4.06. The third-order valence-corrected chi connectivity index (χ3v) is 5.08. The molecule has 0 spiro atoms. The van der Waals surface area contributed by atoms with Gasteiger partial charge in [0.1, 0.15) is 5.60 Å². The van der Waals surface area contributed by atoms with Crippen molar-refractivity contribution >= 4 is 6.09 Å². The van der Waals surface area contributed by atoms with Crippen LogP contribution in [0.4, 0.5) is 4.79 Å². The predicted octanol–water partition coefficient (Wildman–Crippen LogP) is 4.02. The summed E-state index contributed by atoms with van der Waals surface area (Å²) in [4.78, 5) is 16.9. The summed E-state index contributed by atoms with van der Waals surface area (Å²) in [7, 11) is 0. The summed E-state index contributed by atoms with van der Waals surface area (Å²) in [5, 5.41) is 0. The summed E-state index contributed by atoms with van der Waals surface area (Å²) < 4.78 is 11.1. The average molecular weight is 377 g/mol. The maximum absolute atomic E-state index is 12.7. The zero-order valence-electron chi connectivity index (χ0n) is 17.9. The SMILES string of the molecule is C=C1/C=C(CN2CCOCC2)\C(C)=C/CN(C(=O)OC(C)(C)C)CC1(C)C. The average Bonchev–Trinajstić information content (AvgIpc) is 2.59. The minimum Gasteiger partial charge on any atom is -0.444 e. The van der Waals surface area contributed by atoms with Gasteiger partial charge in [-0.25, -0.2) is 4.79 Å². The standard InChI is InChI=1S/C22H36N2O3/c1-17-8-9-24(20(25)27-21(3,4)5)16-22(6,7)18(2)14-19(17)15-23-10-12-26-13-11-23/h8,14H,2,9-13,15-16H2,1,3-7H3/b17-8-,19-14-. The van der Waals surface area contributed by atoms with Crippen LogP contribution in [0, 0.1) is 5.41 Å². The van der Waals surface area contributed by atoms with Crippen LogP contribution in [-0.4, -0.2) is 67.4 Å². The van der Waals surface area contributed by atoms with E-state index in [0.29, 0.717) is 13.1 Å². The number of ether oxygens (including phenoxy) is 2. The molecule has 0 aromatic heterocycles. The molecule has 152 valence electrons. The highest BCUT2D eigenvalue weighted by molar-refractivity contribution is 5.68. The van der Waals surface area contributed by atoms with E-state index in [0.717, 1.165) is 38.4 Å². The Hall–Kier alpha value is -1.59. The van der Waals surface area contributed by atoms with E-state index in [-0.39, 0.29) is 11.5 Å². The summed E-state index contributed by atoms with van der Waals surface area (Å²) >= 11 is 0. The number of hydrogen-bond acceptors (Lipinski definition) is 4. The lowest BCUT2D eigenvalue weighted by Gasteiger charge is -2.34. The minimum atomic E-state index is -0.505. The van der Waals surface area contributed by atoms with Gasteiger partial charge >= 0.3 is 6.09 Å². The first-order valence-electron chi connectivity index (χ1n) is 9.83. The number of amides is 1. The fraction of sp³-hybridized carbons (Fsp3) is 0.682. The number of morpholine rings is 1. The molecule has 0 bridgehead atoms. The molecule has 1 saturated heterocycles. The van der Waals surface area contributed by atoms with Crippen LogP contribution in [0.3, 0.4) is 0 Å². The van der Waals surface area contributed by atoms with Crippen molar-refractivity contribution in [2.45, 2.75) is 47.1 Å². The molecule has 5 nitrogen and oxygen atoms in total. The van der Waals surface area contributed by atoms with Crippen LogP contribution in [0.15, 0.2) is 35.5 Å². The molecule has 2 aliphatic rings.